The molecule has 2 fully saturated rings. The molecule has 0 aromatic carbocycles. The second kappa shape index (κ2) is 6.06. The summed E-state index contributed by atoms with van der Waals surface area (Å²) in [5.41, 5.74) is 0.0449. The zero-order valence-corrected chi connectivity index (χ0v) is 13.3. The van der Waals surface area contributed by atoms with Crippen LogP contribution in [0.5, 0.6) is 0 Å². The van der Waals surface area contributed by atoms with Crippen molar-refractivity contribution in [2.45, 2.75) is 62.4 Å². The fourth-order valence-electron chi connectivity index (χ4n) is 3.40. The van der Waals surface area contributed by atoms with Crippen molar-refractivity contribution in [3.05, 3.63) is 11.7 Å². The van der Waals surface area contributed by atoms with Crippen molar-refractivity contribution in [2.24, 2.45) is 5.92 Å². The Balaban J connectivity index is 1.66. The van der Waals surface area contributed by atoms with E-state index < -0.39 is 0 Å². The number of thioether (sulfide) groups is 1. The summed E-state index contributed by atoms with van der Waals surface area (Å²) in [5, 5.41) is 8.47. The van der Waals surface area contributed by atoms with E-state index in [1.807, 2.05) is 11.8 Å². The summed E-state index contributed by atoms with van der Waals surface area (Å²) in [7, 11) is 0. The number of hydrogen-bond acceptors (Lipinski definition) is 5. The molecule has 0 spiro atoms. The van der Waals surface area contributed by atoms with Crippen LogP contribution in [-0.2, 0) is 11.2 Å². The summed E-state index contributed by atoms with van der Waals surface area (Å²) < 4.78 is 5.61. The van der Waals surface area contributed by atoms with Crippen molar-refractivity contribution in [1.29, 1.82) is 0 Å². The average molecular weight is 295 g/mol. The minimum absolute atomic E-state index is 0.0449. The lowest BCUT2D eigenvalue weighted by Crippen LogP contribution is -2.35. The maximum Gasteiger partial charge on any atom is 0.234 e. The highest BCUT2D eigenvalue weighted by Gasteiger charge is 2.43. The van der Waals surface area contributed by atoms with Gasteiger partial charge in [-0.1, -0.05) is 31.8 Å². The van der Waals surface area contributed by atoms with Gasteiger partial charge in [-0.25, -0.2) is 0 Å². The first-order chi connectivity index (χ1) is 9.71. The quantitative estimate of drug-likeness (QED) is 0.904. The van der Waals surface area contributed by atoms with Crippen LogP contribution in [-0.4, -0.2) is 28.5 Å². The zero-order valence-electron chi connectivity index (χ0n) is 12.5. The summed E-state index contributed by atoms with van der Waals surface area (Å²) in [4.78, 5) is 4.71. The van der Waals surface area contributed by atoms with Crippen LogP contribution in [0.4, 0.5) is 0 Å². The first-order valence-electron chi connectivity index (χ1n) is 7.86. The van der Waals surface area contributed by atoms with Crippen LogP contribution in [0.3, 0.4) is 0 Å². The van der Waals surface area contributed by atoms with Gasteiger partial charge in [-0.15, -0.1) is 0 Å². The molecule has 1 aliphatic carbocycles. The zero-order chi connectivity index (χ0) is 14.0. The molecular formula is C15H25N3OS. The molecule has 1 unspecified atom stereocenters. The molecule has 112 valence electrons. The largest absolute Gasteiger partial charge is 0.339 e. The third-order valence-corrected chi connectivity index (χ3v) is 6.31. The monoisotopic (exact) mass is 295 g/mol. The Bertz CT molecular complexity index is 434. The van der Waals surface area contributed by atoms with Crippen LogP contribution < -0.4 is 5.32 Å². The van der Waals surface area contributed by atoms with Gasteiger partial charge < -0.3 is 9.84 Å². The van der Waals surface area contributed by atoms with Crippen molar-refractivity contribution in [2.75, 3.05) is 13.1 Å². The van der Waals surface area contributed by atoms with Crippen molar-refractivity contribution < 1.29 is 4.52 Å². The Hall–Kier alpha value is -0.550. The van der Waals surface area contributed by atoms with E-state index in [0.717, 1.165) is 42.2 Å². The van der Waals surface area contributed by atoms with Crippen molar-refractivity contribution in [1.82, 2.24) is 15.5 Å². The van der Waals surface area contributed by atoms with Gasteiger partial charge in [-0.3, -0.25) is 0 Å². The predicted molar refractivity (Wildman–Crippen MR) is 81.9 cm³/mol. The van der Waals surface area contributed by atoms with Gasteiger partial charge in [0.25, 0.3) is 0 Å². The highest BCUT2D eigenvalue weighted by atomic mass is 32.2. The number of rotatable bonds is 5. The molecule has 1 atom stereocenters. The molecule has 20 heavy (non-hydrogen) atoms. The maximum atomic E-state index is 5.61. The number of aromatic nitrogens is 2. The number of nitrogens with zero attached hydrogens (tertiary/aromatic N) is 2. The topological polar surface area (TPSA) is 51.0 Å². The molecule has 0 radical (unpaired) electrons. The minimum atomic E-state index is 0.0449. The van der Waals surface area contributed by atoms with Crippen LogP contribution in [0.25, 0.3) is 0 Å². The maximum absolute atomic E-state index is 5.61. The van der Waals surface area contributed by atoms with Crippen molar-refractivity contribution >= 4 is 11.8 Å². The Morgan fingerprint density at radius 1 is 1.40 bits per heavy atom. The highest BCUT2D eigenvalue weighted by Crippen LogP contribution is 2.37. The van der Waals surface area contributed by atoms with Gasteiger partial charge in [0.05, 0.1) is 11.2 Å². The van der Waals surface area contributed by atoms with E-state index >= 15 is 0 Å². The van der Waals surface area contributed by atoms with Crippen LogP contribution in [0.2, 0.25) is 0 Å². The molecular weight excluding hydrogens is 270 g/mol. The third kappa shape index (κ3) is 2.75. The Morgan fingerprint density at radius 2 is 2.20 bits per heavy atom. The smallest absolute Gasteiger partial charge is 0.234 e. The number of nitrogens with one attached hydrogen (secondary N) is 1. The van der Waals surface area contributed by atoms with E-state index in [2.05, 4.69) is 24.3 Å². The van der Waals surface area contributed by atoms with Crippen LogP contribution >= 0.6 is 11.8 Å². The van der Waals surface area contributed by atoms with Crippen LogP contribution in [0.15, 0.2) is 4.52 Å². The van der Waals surface area contributed by atoms with Crippen LogP contribution in [0, 0.1) is 5.92 Å². The molecule has 1 aliphatic heterocycles. The molecule has 1 N–H and O–H groups in total. The minimum Gasteiger partial charge on any atom is -0.339 e. The average Bonchev–Trinajstić information content (AvgIpc) is 3.17. The van der Waals surface area contributed by atoms with Gasteiger partial charge >= 0.3 is 0 Å². The Morgan fingerprint density at radius 3 is 2.85 bits per heavy atom. The predicted octanol–water partition coefficient (Wildman–Crippen LogP) is 3.13. The van der Waals surface area contributed by atoms with E-state index in [1.54, 1.807) is 0 Å². The summed E-state index contributed by atoms with van der Waals surface area (Å²) in [6.07, 6.45) is 6.58. The normalized spacial score (nSPS) is 27.8. The molecule has 2 aliphatic rings. The van der Waals surface area contributed by atoms with Gasteiger partial charge in [0.2, 0.25) is 5.89 Å². The molecule has 1 saturated heterocycles. The Labute approximate surface area is 125 Å². The standard InChI is InChI=1S/C15H25N3OS/c1-11(2)15(7-8-16-10-15)14-17-13(18-19-14)9-20-12-5-3-4-6-12/h11-12,16H,3-10H2,1-2H3. The molecule has 1 aromatic rings. The third-order valence-electron chi connectivity index (χ3n) is 4.94. The second-order valence-corrected chi connectivity index (χ2v) is 7.76. The molecule has 1 aromatic heterocycles. The lowest BCUT2D eigenvalue weighted by molar-refractivity contribution is 0.234. The Kier molecular flexibility index (Phi) is 4.36. The molecule has 1 saturated carbocycles. The molecule has 0 bridgehead atoms. The molecule has 2 heterocycles. The van der Waals surface area contributed by atoms with Crippen molar-refractivity contribution in [3.8, 4) is 0 Å². The molecule has 3 rings (SSSR count). The van der Waals surface area contributed by atoms with E-state index in [-0.39, 0.29) is 5.41 Å². The summed E-state index contributed by atoms with van der Waals surface area (Å²) in [6, 6.07) is 0. The SMILES string of the molecule is CC(C)C1(c2nc(CSC3CCCC3)no2)CCNC1. The van der Waals surface area contributed by atoms with Crippen molar-refractivity contribution in [3.63, 3.8) is 0 Å². The van der Waals surface area contributed by atoms with Gasteiger partial charge in [-0.2, -0.15) is 16.7 Å². The molecule has 0 amide bonds. The first kappa shape index (κ1) is 14.4. The van der Waals surface area contributed by atoms with Gasteiger partial charge in [-0.05, 0) is 31.7 Å². The lowest BCUT2D eigenvalue weighted by atomic mass is 9.76. The van der Waals surface area contributed by atoms with Gasteiger partial charge in [0.1, 0.15) is 0 Å². The van der Waals surface area contributed by atoms with E-state index in [4.69, 9.17) is 9.51 Å². The molecule has 5 heteroatoms. The van der Waals surface area contributed by atoms with Gasteiger partial charge in [0.15, 0.2) is 5.82 Å². The highest BCUT2D eigenvalue weighted by molar-refractivity contribution is 7.99. The first-order valence-corrected chi connectivity index (χ1v) is 8.91. The fraction of sp³-hybridized carbons (Fsp3) is 0.867. The summed E-state index contributed by atoms with van der Waals surface area (Å²) in [6.45, 7) is 6.52. The second-order valence-electron chi connectivity index (χ2n) is 6.47. The number of hydrogen-bond donors (Lipinski definition) is 1. The van der Waals surface area contributed by atoms with Gasteiger partial charge in [0, 0.05) is 11.8 Å². The van der Waals surface area contributed by atoms with E-state index in [1.165, 1.54) is 25.7 Å². The molecule has 4 nitrogen and oxygen atoms in total. The van der Waals surface area contributed by atoms with Crippen LogP contribution in [0.1, 0.15) is 57.7 Å². The lowest BCUT2D eigenvalue weighted by Gasteiger charge is -2.28. The van der Waals surface area contributed by atoms with E-state index in [9.17, 15) is 0 Å². The fourth-order valence-corrected chi connectivity index (χ4v) is 4.56. The summed E-state index contributed by atoms with van der Waals surface area (Å²) in [5.74, 6) is 3.15. The van der Waals surface area contributed by atoms with E-state index in [0.29, 0.717) is 5.92 Å². The summed E-state index contributed by atoms with van der Waals surface area (Å²) >= 11 is 2.00.